The Kier molecular flexibility index (Phi) is 5.63. The second kappa shape index (κ2) is 8.29. The monoisotopic (exact) mass is 354 g/mol. The van der Waals surface area contributed by atoms with E-state index in [9.17, 15) is 0 Å². The molecule has 0 saturated carbocycles. The van der Waals surface area contributed by atoms with E-state index in [1.165, 1.54) is 0 Å². The minimum atomic E-state index is 0.455. The van der Waals surface area contributed by atoms with Crippen LogP contribution in [0, 0.1) is 0 Å². The predicted octanol–water partition coefficient (Wildman–Crippen LogP) is 3.14. The molecule has 0 radical (unpaired) electrons. The summed E-state index contributed by atoms with van der Waals surface area (Å²) in [4.78, 5) is 17.0. The minimum absolute atomic E-state index is 0.455. The number of aromatic nitrogens is 4. The molecular weight excluding hydrogens is 336 g/mol. The van der Waals surface area contributed by atoms with Crippen LogP contribution in [-0.2, 0) is 12.3 Å². The van der Waals surface area contributed by atoms with Gasteiger partial charge in [0.1, 0.15) is 5.75 Å². The Morgan fingerprint density at radius 3 is 2.48 bits per heavy atom. The van der Waals surface area contributed by atoms with E-state index in [1.54, 1.807) is 31.6 Å². The lowest BCUT2D eigenvalue weighted by Gasteiger charge is -2.10. The van der Waals surface area contributed by atoms with E-state index in [1.807, 2.05) is 24.3 Å². The van der Waals surface area contributed by atoms with Gasteiger partial charge < -0.3 is 15.4 Å². The van der Waals surface area contributed by atoms with Gasteiger partial charge in [0.05, 0.1) is 12.2 Å². The van der Waals surface area contributed by atoms with Crippen LogP contribution in [0.5, 0.6) is 11.6 Å². The highest BCUT2D eigenvalue weighted by Gasteiger charge is 2.07. The highest BCUT2D eigenvalue weighted by molar-refractivity contribution is 7.79. The van der Waals surface area contributed by atoms with E-state index in [-0.39, 0.29) is 0 Å². The number of anilines is 2. The standard InChI is InChI=1S/C17H18N6OS/c1-18-16-22-13(10-21-17-19-7-2-8-20-17)9-15(23-16)24-14-5-3-12(11-25)4-6-14/h2-9,25H,10-11H2,1H3,(H,18,22,23)(H,19,20,21). The molecule has 0 unspecified atom stereocenters. The Morgan fingerprint density at radius 2 is 1.80 bits per heavy atom. The van der Waals surface area contributed by atoms with Crippen LogP contribution >= 0.6 is 12.6 Å². The van der Waals surface area contributed by atoms with Gasteiger partial charge in [0.2, 0.25) is 17.8 Å². The average molecular weight is 354 g/mol. The Bertz CT molecular complexity index is 813. The van der Waals surface area contributed by atoms with Gasteiger partial charge in [0.15, 0.2) is 0 Å². The molecule has 0 amide bonds. The van der Waals surface area contributed by atoms with Crippen LogP contribution in [0.3, 0.4) is 0 Å². The van der Waals surface area contributed by atoms with Crippen molar-refractivity contribution >= 4 is 24.5 Å². The van der Waals surface area contributed by atoms with Gasteiger partial charge in [-0.2, -0.15) is 17.6 Å². The van der Waals surface area contributed by atoms with Crippen molar-refractivity contribution in [2.75, 3.05) is 17.7 Å². The molecule has 0 aliphatic carbocycles. The zero-order chi connectivity index (χ0) is 17.5. The number of rotatable bonds is 7. The largest absolute Gasteiger partial charge is 0.439 e. The highest BCUT2D eigenvalue weighted by Crippen LogP contribution is 2.22. The number of ether oxygens (including phenoxy) is 1. The molecule has 128 valence electrons. The average Bonchev–Trinajstić information content (AvgIpc) is 2.67. The summed E-state index contributed by atoms with van der Waals surface area (Å²) >= 11 is 4.25. The number of nitrogens with one attached hydrogen (secondary N) is 2. The van der Waals surface area contributed by atoms with Crippen molar-refractivity contribution in [1.29, 1.82) is 0 Å². The Hall–Kier alpha value is -2.87. The predicted molar refractivity (Wildman–Crippen MR) is 100 cm³/mol. The van der Waals surface area contributed by atoms with E-state index >= 15 is 0 Å². The number of thiol groups is 1. The first-order valence-corrected chi connectivity index (χ1v) is 8.34. The van der Waals surface area contributed by atoms with Crippen molar-refractivity contribution in [3.8, 4) is 11.6 Å². The molecule has 7 nitrogen and oxygen atoms in total. The molecule has 0 atom stereocenters. The summed E-state index contributed by atoms with van der Waals surface area (Å²) in [6.45, 7) is 0.455. The maximum atomic E-state index is 5.84. The lowest BCUT2D eigenvalue weighted by Crippen LogP contribution is -2.07. The second-order valence-corrected chi connectivity index (χ2v) is 5.42. The first-order chi connectivity index (χ1) is 12.3. The lowest BCUT2D eigenvalue weighted by atomic mass is 10.2. The van der Waals surface area contributed by atoms with E-state index in [0.717, 1.165) is 11.3 Å². The number of nitrogens with zero attached hydrogens (tertiary/aromatic N) is 4. The molecular formula is C17H18N6OS. The summed E-state index contributed by atoms with van der Waals surface area (Å²) in [7, 11) is 1.76. The normalized spacial score (nSPS) is 10.3. The third kappa shape index (κ3) is 4.80. The number of hydrogen-bond acceptors (Lipinski definition) is 8. The number of hydrogen-bond donors (Lipinski definition) is 3. The van der Waals surface area contributed by atoms with E-state index in [4.69, 9.17) is 4.74 Å². The number of benzene rings is 1. The van der Waals surface area contributed by atoms with Crippen LogP contribution in [0.4, 0.5) is 11.9 Å². The van der Waals surface area contributed by atoms with E-state index < -0.39 is 0 Å². The molecule has 0 fully saturated rings. The quantitative estimate of drug-likeness (QED) is 0.562. The zero-order valence-corrected chi connectivity index (χ0v) is 14.6. The third-order valence-corrected chi connectivity index (χ3v) is 3.67. The van der Waals surface area contributed by atoms with Crippen molar-refractivity contribution in [2.45, 2.75) is 12.3 Å². The highest BCUT2D eigenvalue weighted by atomic mass is 32.1. The van der Waals surface area contributed by atoms with Gasteiger partial charge in [-0.25, -0.2) is 15.0 Å². The maximum absolute atomic E-state index is 5.84. The summed E-state index contributed by atoms with van der Waals surface area (Å²) in [6, 6.07) is 11.3. The SMILES string of the molecule is CNc1nc(CNc2ncccn2)cc(Oc2ccc(CS)cc2)n1. The fourth-order valence-electron chi connectivity index (χ4n) is 2.07. The fourth-order valence-corrected chi connectivity index (χ4v) is 2.28. The minimum Gasteiger partial charge on any atom is -0.439 e. The summed E-state index contributed by atoms with van der Waals surface area (Å²) in [5, 5.41) is 6.05. The smallest absolute Gasteiger partial charge is 0.226 e. The van der Waals surface area contributed by atoms with Crippen LogP contribution in [0.2, 0.25) is 0 Å². The van der Waals surface area contributed by atoms with Crippen LogP contribution in [0.1, 0.15) is 11.3 Å². The molecule has 3 aromatic rings. The summed E-state index contributed by atoms with van der Waals surface area (Å²) < 4.78 is 5.84. The van der Waals surface area contributed by atoms with Crippen LogP contribution < -0.4 is 15.4 Å². The third-order valence-electron chi connectivity index (χ3n) is 3.30. The van der Waals surface area contributed by atoms with Crippen LogP contribution in [0.15, 0.2) is 48.8 Å². The molecule has 2 heterocycles. The molecule has 0 saturated heterocycles. The first kappa shape index (κ1) is 17.0. The van der Waals surface area contributed by atoms with Gasteiger partial charge in [0.25, 0.3) is 0 Å². The molecule has 0 aliphatic heterocycles. The van der Waals surface area contributed by atoms with Gasteiger partial charge in [0, 0.05) is 31.3 Å². The van der Waals surface area contributed by atoms with Gasteiger partial charge in [-0.15, -0.1) is 0 Å². The summed E-state index contributed by atoms with van der Waals surface area (Å²) in [6.07, 6.45) is 3.36. The Labute approximate surface area is 151 Å². The molecule has 0 spiro atoms. The van der Waals surface area contributed by atoms with E-state index in [0.29, 0.717) is 35.8 Å². The summed E-state index contributed by atoms with van der Waals surface area (Å²) in [5.74, 6) is 2.88. The van der Waals surface area contributed by atoms with Gasteiger partial charge in [-0.3, -0.25) is 0 Å². The molecule has 1 aromatic carbocycles. The van der Waals surface area contributed by atoms with Crippen molar-refractivity contribution in [2.24, 2.45) is 0 Å². The molecule has 0 aliphatic rings. The topological polar surface area (TPSA) is 84.9 Å². The molecule has 8 heteroatoms. The molecule has 2 aromatic heterocycles. The van der Waals surface area contributed by atoms with Crippen molar-refractivity contribution in [3.63, 3.8) is 0 Å². The maximum Gasteiger partial charge on any atom is 0.226 e. The molecule has 25 heavy (non-hydrogen) atoms. The van der Waals surface area contributed by atoms with Gasteiger partial charge >= 0.3 is 0 Å². The van der Waals surface area contributed by atoms with Crippen LogP contribution in [0.25, 0.3) is 0 Å². The van der Waals surface area contributed by atoms with Crippen LogP contribution in [-0.4, -0.2) is 27.0 Å². The lowest BCUT2D eigenvalue weighted by molar-refractivity contribution is 0.461. The first-order valence-electron chi connectivity index (χ1n) is 7.71. The van der Waals surface area contributed by atoms with Crippen molar-refractivity contribution in [1.82, 2.24) is 19.9 Å². The van der Waals surface area contributed by atoms with Crippen molar-refractivity contribution < 1.29 is 4.74 Å². The Morgan fingerprint density at radius 1 is 1.04 bits per heavy atom. The summed E-state index contributed by atoms with van der Waals surface area (Å²) in [5.41, 5.74) is 1.89. The molecule has 3 rings (SSSR count). The second-order valence-electron chi connectivity index (χ2n) is 5.10. The van der Waals surface area contributed by atoms with Crippen molar-refractivity contribution in [3.05, 3.63) is 60.0 Å². The van der Waals surface area contributed by atoms with Gasteiger partial charge in [-0.1, -0.05) is 12.1 Å². The fraction of sp³-hybridized carbons (Fsp3) is 0.176. The van der Waals surface area contributed by atoms with Gasteiger partial charge in [-0.05, 0) is 23.8 Å². The Balaban J connectivity index is 1.74. The van der Waals surface area contributed by atoms with E-state index in [2.05, 4.69) is 43.2 Å². The molecule has 0 bridgehead atoms. The molecule has 2 N–H and O–H groups in total. The zero-order valence-electron chi connectivity index (χ0n) is 13.7.